The van der Waals surface area contributed by atoms with Crippen LogP contribution in [-0.2, 0) is 14.3 Å². The molecule has 3 aromatic rings. The Balaban J connectivity index is 2.01. The van der Waals surface area contributed by atoms with Crippen LogP contribution in [-0.4, -0.2) is 40.8 Å². The van der Waals surface area contributed by atoms with Gasteiger partial charge in [0.1, 0.15) is 6.54 Å². The van der Waals surface area contributed by atoms with E-state index >= 15 is 0 Å². The van der Waals surface area contributed by atoms with Crippen molar-refractivity contribution in [1.29, 1.82) is 0 Å². The van der Waals surface area contributed by atoms with Gasteiger partial charge in [0.05, 0.1) is 29.5 Å². The molecule has 1 amide bonds. The van der Waals surface area contributed by atoms with Crippen LogP contribution in [0.1, 0.15) is 5.56 Å². The summed E-state index contributed by atoms with van der Waals surface area (Å²) in [6.07, 6.45) is 0. The topological polar surface area (TPSA) is 90.3 Å². The number of rotatable bonds is 6. The first kappa shape index (κ1) is 20.9. The van der Waals surface area contributed by atoms with E-state index < -0.39 is 5.97 Å². The molecule has 150 valence electrons. The molecule has 0 aliphatic rings. The van der Waals surface area contributed by atoms with Gasteiger partial charge in [-0.15, -0.1) is 0 Å². The third kappa shape index (κ3) is 4.60. The van der Waals surface area contributed by atoms with Crippen LogP contribution < -0.4 is 10.9 Å². The number of amides is 1. The summed E-state index contributed by atoms with van der Waals surface area (Å²) >= 11 is 7.35. The fourth-order valence-electron chi connectivity index (χ4n) is 2.68. The van der Waals surface area contributed by atoms with Gasteiger partial charge in [0.15, 0.2) is 5.16 Å². The smallest absolute Gasteiger partial charge is 0.325 e. The minimum Gasteiger partial charge on any atom is -0.468 e. The normalized spacial score (nSPS) is 10.7. The molecule has 29 heavy (non-hydrogen) atoms. The average molecular weight is 432 g/mol. The molecule has 0 atom stereocenters. The number of esters is 1. The van der Waals surface area contributed by atoms with Gasteiger partial charge >= 0.3 is 5.97 Å². The number of carbonyl (C=O) groups excluding carboxylic acids is 2. The number of hydrogen-bond donors (Lipinski definition) is 1. The third-order valence-electron chi connectivity index (χ3n) is 4.21. The van der Waals surface area contributed by atoms with E-state index in [-0.39, 0.29) is 23.8 Å². The summed E-state index contributed by atoms with van der Waals surface area (Å²) < 4.78 is 5.96. The molecule has 9 heteroatoms. The van der Waals surface area contributed by atoms with Crippen molar-refractivity contribution in [2.24, 2.45) is 0 Å². The summed E-state index contributed by atoms with van der Waals surface area (Å²) in [4.78, 5) is 41.0. The summed E-state index contributed by atoms with van der Waals surface area (Å²) in [7, 11) is 1.24. The summed E-state index contributed by atoms with van der Waals surface area (Å²) in [5.74, 6) is -0.947. The number of ether oxygens (including phenoxy) is 1. The van der Waals surface area contributed by atoms with Crippen LogP contribution in [0.2, 0.25) is 5.02 Å². The lowest BCUT2D eigenvalue weighted by Crippen LogP contribution is -2.31. The molecule has 0 spiro atoms. The zero-order valence-electron chi connectivity index (χ0n) is 15.8. The van der Waals surface area contributed by atoms with E-state index in [9.17, 15) is 14.4 Å². The Morgan fingerprint density at radius 2 is 1.97 bits per heavy atom. The summed E-state index contributed by atoms with van der Waals surface area (Å²) in [6, 6.07) is 12.3. The number of fused-ring (bicyclic) bond motifs is 1. The second kappa shape index (κ2) is 9.11. The minimum atomic E-state index is -0.543. The number of nitrogens with zero attached hydrogens (tertiary/aromatic N) is 2. The van der Waals surface area contributed by atoms with Gasteiger partial charge in [-0.2, -0.15) is 0 Å². The number of thioether (sulfide) groups is 1. The maximum atomic E-state index is 13.2. The van der Waals surface area contributed by atoms with E-state index in [0.717, 1.165) is 17.3 Å². The molecule has 0 saturated heterocycles. The number of para-hydroxylation sites is 1. The Morgan fingerprint density at radius 3 is 2.72 bits per heavy atom. The Labute approximate surface area is 176 Å². The van der Waals surface area contributed by atoms with Crippen LogP contribution in [0.25, 0.3) is 16.6 Å². The second-order valence-corrected chi connectivity index (χ2v) is 7.43. The highest BCUT2D eigenvalue weighted by atomic mass is 35.5. The molecule has 3 rings (SSSR count). The lowest BCUT2D eigenvalue weighted by atomic mass is 10.2. The van der Waals surface area contributed by atoms with Gasteiger partial charge in [0.25, 0.3) is 5.56 Å². The van der Waals surface area contributed by atoms with Crippen LogP contribution in [0.15, 0.2) is 52.4 Å². The predicted molar refractivity (Wildman–Crippen MR) is 113 cm³/mol. The van der Waals surface area contributed by atoms with Crippen molar-refractivity contribution in [1.82, 2.24) is 14.9 Å². The second-order valence-electron chi connectivity index (χ2n) is 6.08. The number of methoxy groups -OCH3 is 1. The fraction of sp³-hybridized carbons (Fsp3) is 0.200. The molecule has 1 N–H and O–H groups in total. The fourth-order valence-corrected chi connectivity index (χ4v) is 3.69. The van der Waals surface area contributed by atoms with Gasteiger partial charge in [-0.3, -0.25) is 19.0 Å². The number of aromatic nitrogens is 2. The van der Waals surface area contributed by atoms with Crippen LogP contribution in [0.5, 0.6) is 0 Å². The highest BCUT2D eigenvalue weighted by molar-refractivity contribution is 7.99. The van der Waals surface area contributed by atoms with Gasteiger partial charge in [-0.25, -0.2) is 4.98 Å². The lowest BCUT2D eigenvalue weighted by molar-refractivity contribution is -0.140. The molecule has 1 aromatic heterocycles. The number of benzene rings is 2. The molecular formula is C20H18ClN3O4S. The van der Waals surface area contributed by atoms with Crippen LogP contribution in [0.3, 0.4) is 0 Å². The Bertz CT molecular complexity index is 1150. The van der Waals surface area contributed by atoms with E-state index in [2.05, 4.69) is 15.0 Å². The molecule has 0 saturated carbocycles. The largest absolute Gasteiger partial charge is 0.468 e. The quantitative estimate of drug-likeness (QED) is 0.366. The number of nitrogens with one attached hydrogen (secondary N) is 1. The predicted octanol–water partition coefficient (Wildman–Crippen LogP) is 2.73. The van der Waals surface area contributed by atoms with E-state index in [1.807, 2.05) is 6.92 Å². The molecule has 2 aromatic carbocycles. The standard InChI is InChI=1S/C20H18ClN3O4S/c1-12-14(21)7-5-9-16(12)24-19(27)13-6-3-4-8-15(13)23-20(24)29-11-17(25)22-10-18(26)28-2/h3-9H,10-11H2,1-2H3,(H,22,25). The van der Waals surface area contributed by atoms with E-state index in [4.69, 9.17) is 11.6 Å². The highest BCUT2D eigenvalue weighted by Gasteiger charge is 2.17. The molecule has 0 fully saturated rings. The summed E-state index contributed by atoms with van der Waals surface area (Å²) in [6.45, 7) is 1.60. The van der Waals surface area contributed by atoms with Crippen molar-refractivity contribution in [2.75, 3.05) is 19.4 Å². The van der Waals surface area contributed by atoms with Gasteiger partial charge < -0.3 is 10.1 Å². The molecule has 0 aliphatic carbocycles. The Morgan fingerprint density at radius 1 is 1.21 bits per heavy atom. The summed E-state index contributed by atoms with van der Waals surface area (Å²) in [5.41, 5.74) is 1.60. The van der Waals surface area contributed by atoms with Crippen molar-refractivity contribution in [3.63, 3.8) is 0 Å². The third-order valence-corrected chi connectivity index (χ3v) is 5.56. The Kier molecular flexibility index (Phi) is 6.56. The van der Waals surface area contributed by atoms with Gasteiger partial charge in [0, 0.05) is 5.02 Å². The lowest BCUT2D eigenvalue weighted by Gasteiger charge is -2.15. The molecular weight excluding hydrogens is 414 g/mol. The van der Waals surface area contributed by atoms with Gasteiger partial charge in [-0.05, 0) is 36.8 Å². The number of halogens is 1. The molecule has 0 unspecified atom stereocenters. The Hall–Kier alpha value is -2.84. The van der Waals surface area contributed by atoms with Gasteiger partial charge in [-0.1, -0.05) is 41.6 Å². The SMILES string of the molecule is COC(=O)CNC(=O)CSc1nc2ccccc2c(=O)n1-c1cccc(Cl)c1C. The number of carbonyl (C=O) groups is 2. The van der Waals surface area contributed by atoms with Crippen molar-refractivity contribution in [3.05, 3.63) is 63.4 Å². The molecule has 1 heterocycles. The van der Waals surface area contributed by atoms with E-state index in [1.165, 1.54) is 11.7 Å². The first-order valence-corrected chi connectivity index (χ1v) is 10.0. The van der Waals surface area contributed by atoms with Crippen molar-refractivity contribution in [2.45, 2.75) is 12.1 Å². The molecule has 0 aliphatic heterocycles. The average Bonchev–Trinajstić information content (AvgIpc) is 2.73. The number of hydrogen-bond acceptors (Lipinski definition) is 6. The van der Waals surface area contributed by atoms with E-state index in [0.29, 0.717) is 26.8 Å². The highest BCUT2D eigenvalue weighted by Crippen LogP contribution is 2.26. The maximum absolute atomic E-state index is 13.2. The zero-order chi connectivity index (χ0) is 21.0. The van der Waals surface area contributed by atoms with Crippen LogP contribution >= 0.6 is 23.4 Å². The van der Waals surface area contributed by atoms with Crippen LogP contribution in [0.4, 0.5) is 0 Å². The minimum absolute atomic E-state index is 0.0264. The first-order chi connectivity index (χ1) is 13.9. The molecule has 0 radical (unpaired) electrons. The summed E-state index contributed by atoms with van der Waals surface area (Å²) in [5, 5.41) is 3.81. The van der Waals surface area contributed by atoms with E-state index in [1.54, 1.807) is 42.5 Å². The van der Waals surface area contributed by atoms with Crippen molar-refractivity contribution < 1.29 is 14.3 Å². The molecule has 7 nitrogen and oxygen atoms in total. The van der Waals surface area contributed by atoms with Crippen LogP contribution in [0, 0.1) is 6.92 Å². The van der Waals surface area contributed by atoms with Crippen molar-refractivity contribution in [3.8, 4) is 5.69 Å². The van der Waals surface area contributed by atoms with Crippen molar-refractivity contribution >= 4 is 46.1 Å². The monoisotopic (exact) mass is 431 g/mol. The first-order valence-electron chi connectivity index (χ1n) is 8.66. The zero-order valence-corrected chi connectivity index (χ0v) is 17.3. The maximum Gasteiger partial charge on any atom is 0.325 e. The molecule has 0 bridgehead atoms. The van der Waals surface area contributed by atoms with Gasteiger partial charge in [0.2, 0.25) is 5.91 Å².